The van der Waals surface area contributed by atoms with Crippen molar-refractivity contribution in [2.45, 2.75) is 52.1 Å². The van der Waals surface area contributed by atoms with Crippen LogP contribution in [0, 0.1) is 6.92 Å². The Balaban J connectivity index is 2.06. The number of fused-ring (bicyclic) bond motifs is 1. The van der Waals surface area contributed by atoms with Gasteiger partial charge in [-0.15, -0.1) is 0 Å². The van der Waals surface area contributed by atoms with E-state index in [1.807, 2.05) is 0 Å². The molecule has 3 rings (SSSR count). The average Bonchev–Trinajstić information content (AvgIpc) is 2.68. The zero-order chi connectivity index (χ0) is 15.2. The van der Waals surface area contributed by atoms with E-state index >= 15 is 0 Å². The van der Waals surface area contributed by atoms with Crippen LogP contribution in [0.5, 0.6) is 5.75 Å². The van der Waals surface area contributed by atoms with E-state index in [4.69, 9.17) is 4.74 Å². The molecular weight excluding hydrogens is 256 g/mol. The molecule has 0 amide bonds. The molecule has 0 aliphatic carbocycles. The smallest absolute Gasteiger partial charge is 0.124 e. The summed E-state index contributed by atoms with van der Waals surface area (Å²) >= 11 is 0. The van der Waals surface area contributed by atoms with E-state index in [9.17, 15) is 0 Å². The number of hydrogen-bond acceptors (Lipinski definition) is 1. The van der Waals surface area contributed by atoms with Crippen LogP contribution in [0.25, 0.3) is 0 Å². The number of aryl methyl sites for hydroxylation is 1. The normalized spacial score (nSPS) is 19.4. The summed E-state index contributed by atoms with van der Waals surface area (Å²) in [6.45, 7) is 11.0. The van der Waals surface area contributed by atoms with Gasteiger partial charge < -0.3 is 4.74 Å². The Morgan fingerprint density at radius 3 is 2.29 bits per heavy atom. The van der Waals surface area contributed by atoms with Crippen LogP contribution < -0.4 is 4.74 Å². The zero-order valence-corrected chi connectivity index (χ0v) is 13.6. The van der Waals surface area contributed by atoms with E-state index < -0.39 is 0 Å². The quantitative estimate of drug-likeness (QED) is 0.713. The van der Waals surface area contributed by atoms with Crippen LogP contribution in [0.1, 0.15) is 61.8 Å². The van der Waals surface area contributed by atoms with Crippen molar-refractivity contribution in [3.05, 3.63) is 64.7 Å². The minimum atomic E-state index is -0.199. The molecule has 2 aromatic rings. The van der Waals surface area contributed by atoms with Crippen molar-refractivity contribution in [2.75, 3.05) is 0 Å². The van der Waals surface area contributed by atoms with Gasteiger partial charge >= 0.3 is 0 Å². The first-order valence-electron chi connectivity index (χ1n) is 7.78. The van der Waals surface area contributed by atoms with E-state index in [1.54, 1.807) is 0 Å². The molecule has 0 saturated heterocycles. The molecule has 0 N–H and O–H groups in total. The highest BCUT2D eigenvalue weighted by Gasteiger charge is 2.41. The largest absolute Gasteiger partial charge is 0.487 e. The summed E-state index contributed by atoms with van der Waals surface area (Å²) < 4.78 is 6.19. The maximum atomic E-state index is 6.19. The van der Waals surface area contributed by atoms with Crippen molar-refractivity contribution in [3.8, 4) is 5.75 Å². The highest BCUT2D eigenvalue weighted by molar-refractivity contribution is 5.50. The maximum Gasteiger partial charge on any atom is 0.124 e. The minimum Gasteiger partial charge on any atom is -0.487 e. The molecule has 1 aliphatic heterocycles. The van der Waals surface area contributed by atoms with Gasteiger partial charge in [-0.25, -0.2) is 0 Å². The van der Waals surface area contributed by atoms with Crippen LogP contribution in [0.3, 0.4) is 0 Å². The molecule has 0 fully saturated rings. The SMILES string of the molecule is Cc1ccc2c(c1)[C@H](c1ccc(C(C)C)cc1)C(C)(C)O2. The number of rotatable bonds is 2. The first kappa shape index (κ1) is 14.2. The fourth-order valence-corrected chi connectivity index (χ4v) is 3.36. The maximum absolute atomic E-state index is 6.19. The number of hydrogen-bond donors (Lipinski definition) is 0. The molecule has 0 spiro atoms. The minimum absolute atomic E-state index is 0.199. The first-order chi connectivity index (χ1) is 9.88. The molecule has 0 saturated carbocycles. The van der Waals surface area contributed by atoms with E-state index in [-0.39, 0.29) is 5.60 Å². The van der Waals surface area contributed by atoms with Crippen molar-refractivity contribution in [1.82, 2.24) is 0 Å². The monoisotopic (exact) mass is 280 g/mol. The Morgan fingerprint density at radius 2 is 1.67 bits per heavy atom. The standard InChI is InChI=1S/C20H24O/c1-13(2)15-7-9-16(10-8-15)19-17-12-14(3)6-11-18(17)21-20(19,4)5/h6-13,19H,1-5H3/t19-/m0/s1. The molecule has 0 radical (unpaired) electrons. The van der Waals surface area contributed by atoms with Crippen LogP contribution in [0.4, 0.5) is 0 Å². The predicted octanol–water partition coefficient (Wildman–Crippen LogP) is 5.42. The molecule has 0 bridgehead atoms. The van der Waals surface area contributed by atoms with Crippen LogP contribution in [-0.2, 0) is 0 Å². The lowest BCUT2D eigenvalue weighted by Gasteiger charge is -2.27. The Kier molecular flexibility index (Phi) is 3.32. The van der Waals surface area contributed by atoms with Gasteiger partial charge in [0.1, 0.15) is 11.4 Å². The van der Waals surface area contributed by atoms with Gasteiger partial charge in [0, 0.05) is 5.56 Å². The summed E-state index contributed by atoms with van der Waals surface area (Å²) in [7, 11) is 0. The fourth-order valence-electron chi connectivity index (χ4n) is 3.36. The average molecular weight is 280 g/mol. The van der Waals surface area contributed by atoms with Crippen LogP contribution in [0.2, 0.25) is 0 Å². The lowest BCUT2D eigenvalue weighted by Crippen LogP contribution is -2.30. The molecule has 1 atom stereocenters. The molecule has 1 aliphatic rings. The number of ether oxygens (including phenoxy) is 1. The van der Waals surface area contributed by atoms with Crippen molar-refractivity contribution in [1.29, 1.82) is 0 Å². The second-order valence-corrected chi connectivity index (χ2v) is 7.00. The number of benzene rings is 2. The molecule has 2 aromatic carbocycles. The topological polar surface area (TPSA) is 9.23 Å². The van der Waals surface area contributed by atoms with Gasteiger partial charge in [-0.1, -0.05) is 55.8 Å². The Hall–Kier alpha value is -1.76. The highest BCUT2D eigenvalue weighted by Crippen LogP contribution is 2.48. The third-order valence-corrected chi connectivity index (χ3v) is 4.48. The zero-order valence-electron chi connectivity index (χ0n) is 13.6. The van der Waals surface area contributed by atoms with Crippen LogP contribution in [0.15, 0.2) is 42.5 Å². The Labute approximate surface area is 128 Å². The molecule has 0 aromatic heterocycles. The molecular formula is C20H24O. The molecule has 1 heterocycles. The van der Waals surface area contributed by atoms with Gasteiger partial charge in [-0.2, -0.15) is 0 Å². The van der Waals surface area contributed by atoms with Crippen molar-refractivity contribution < 1.29 is 4.74 Å². The van der Waals surface area contributed by atoms with Crippen LogP contribution in [-0.4, -0.2) is 5.60 Å². The third kappa shape index (κ3) is 2.46. The van der Waals surface area contributed by atoms with E-state index in [0.717, 1.165) is 5.75 Å². The van der Waals surface area contributed by atoms with Crippen molar-refractivity contribution >= 4 is 0 Å². The predicted molar refractivity (Wildman–Crippen MR) is 88.3 cm³/mol. The highest BCUT2D eigenvalue weighted by atomic mass is 16.5. The van der Waals surface area contributed by atoms with Crippen LogP contribution >= 0.6 is 0 Å². The van der Waals surface area contributed by atoms with Gasteiger partial charge in [0.2, 0.25) is 0 Å². The Morgan fingerprint density at radius 1 is 1.00 bits per heavy atom. The summed E-state index contributed by atoms with van der Waals surface area (Å²) in [6, 6.07) is 15.5. The fraction of sp³-hybridized carbons (Fsp3) is 0.400. The molecule has 1 nitrogen and oxygen atoms in total. The van der Waals surface area contributed by atoms with Crippen molar-refractivity contribution in [3.63, 3.8) is 0 Å². The first-order valence-corrected chi connectivity index (χ1v) is 7.78. The van der Waals surface area contributed by atoms with E-state index in [0.29, 0.717) is 11.8 Å². The summed E-state index contributed by atoms with van der Waals surface area (Å²) in [6.07, 6.45) is 0. The van der Waals surface area contributed by atoms with E-state index in [1.165, 1.54) is 22.3 Å². The molecule has 21 heavy (non-hydrogen) atoms. The Bertz CT molecular complexity index is 650. The molecule has 110 valence electrons. The summed E-state index contributed by atoms with van der Waals surface area (Å²) in [5.74, 6) is 1.90. The summed E-state index contributed by atoms with van der Waals surface area (Å²) in [5, 5.41) is 0. The molecule has 0 unspecified atom stereocenters. The third-order valence-electron chi connectivity index (χ3n) is 4.48. The molecule has 1 heteroatoms. The van der Waals surface area contributed by atoms with Gasteiger partial charge in [0.25, 0.3) is 0 Å². The van der Waals surface area contributed by atoms with Gasteiger partial charge in [0.15, 0.2) is 0 Å². The van der Waals surface area contributed by atoms with Gasteiger partial charge in [-0.3, -0.25) is 0 Å². The summed E-state index contributed by atoms with van der Waals surface area (Å²) in [5.41, 5.74) is 5.14. The second-order valence-electron chi connectivity index (χ2n) is 7.00. The van der Waals surface area contributed by atoms with E-state index in [2.05, 4.69) is 77.1 Å². The second kappa shape index (κ2) is 4.91. The van der Waals surface area contributed by atoms with Crippen molar-refractivity contribution in [2.24, 2.45) is 0 Å². The lowest BCUT2D eigenvalue weighted by atomic mass is 9.80. The summed E-state index contributed by atoms with van der Waals surface area (Å²) in [4.78, 5) is 0. The lowest BCUT2D eigenvalue weighted by molar-refractivity contribution is 0.122. The van der Waals surface area contributed by atoms with Gasteiger partial charge in [-0.05, 0) is 43.9 Å². The van der Waals surface area contributed by atoms with Gasteiger partial charge in [0.05, 0.1) is 5.92 Å².